The summed E-state index contributed by atoms with van der Waals surface area (Å²) in [7, 11) is 0. The Hall–Kier alpha value is -4.38. The third kappa shape index (κ3) is 5.56. The number of rotatable bonds is 7. The number of aromatic carboxylic acids is 1. The van der Waals surface area contributed by atoms with E-state index in [-0.39, 0.29) is 5.91 Å². The molecular formula is C32H30N2O3. The number of benzene rings is 4. The highest BCUT2D eigenvalue weighted by Gasteiger charge is 2.19. The highest BCUT2D eigenvalue weighted by Crippen LogP contribution is 2.30. The van der Waals surface area contributed by atoms with Gasteiger partial charge < -0.3 is 15.3 Å². The average molecular weight is 491 g/mol. The third-order valence-corrected chi connectivity index (χ3v) is 6.93. The van der Waals surface area contributed by atoms with Crippen molar-refractivity contribution in [2.75, 3.05) is 11.4 Å². The maximum atomic E-state index is 12.8. The summed E-state index contributed by atoms with van der Waals surface area (Å²) in [6, 6.07) is 29.4. The van der Waals surface area contributed by atoms with Crippen molar-refractivity contribution in [2.45, 2.75) is 32.9 Å². The molecule has 0 spiro atoms. The van der Waals surface area contributed by atoms with Crippen LogP contribution in [-0.4, -0.2) is 23.5 Å². The van der Waals surface area contributed by atoms with Crippen molar-refractivity contribution in [1.29, 1.82) is 0 Å². The maximum Gasteiger partial charge on any atom is 0.336 e. The van der Waals surface area contributed by atoms with Gasteiger partial charge in [-0.1, -0.05) is 72.3 Å². The van der Waals surface area contributed by atoms with E-state index in [0.717, 1.165) is 48.2 Å². The minimum absolute atomic E-state index is 0.0577. The van der Waals surface area contributed by atoms with Gasteiger partial charge in [-0.25, -0.2) is 4.79 Å². The van der Waals surface area contributed by atoms with Crippen LogP contribution in [0, 0.1) is 6.92 Å². The number of amides is 1. The Labute approximate surface area is 217 Å². The lowest BCUT2D eigenvalue weighted by atomic mass is 9.97. The predicted molar refractivity (Wildman–Crippen MR) is 147 cm³/mol. The van der Waals surface area contributed by atoms with E-state index >= 15 is 0 Å². The van der Waals surface area contributed by atoms with E-state index in [4.69, 9.17) is 0 Å². The summed E-state index contributed by atoms with van der Waals surface area (Å²) in [5, 5.41) is 12.5. The number of hydrogen-bond donors (Lipinski definition) is 2. The van der Waals surface area contributed by atoms with Crippen LogP contribution in [0.5, 0.6) is 0 Å². The Morgan fingerprint density at radius 3 is 2.38 bits per heavy atom. The fourth-order valence-electron chi connectivity index (χ4n) is 4.90. The zero-order valence-corrected chi connectivity index (χ0v) is 20.9. The molecule has 0 fully saturated rings. The molecule has 0 unspecified atom stereocenters. The first kappa shape index (κ1) is 24.3. The molecule has 0 aromatic heterocycles. The second-order valence-electron chi connectivity index (χ2n) is 9.58. The van der Waals surface area contributed by atoms with Gasteiger partial charge in [-0.15, -0.1) is 0 Å². The van der Waals surface area contributed by atoms with Gasteiger partial charge in [0.15, 0.2) is 0 Å². The van der Waals surface area contributed by atoms with Gasteiger partial charge in [0, 0.05) is 30.9 Å². The number of carbonyl (C=O) groups excluding carboxylic acids is 1. The smallest absolute Gasteiger partial charge is 0.336 e. The quantitative estimate of drug-likeness (QED) is 0.322. The average Bonchev–Trinajstić information content (AvgIpc) is 2.93. The van der Waals surface area contributed by atoms with E-state index < -0.39 is 5.97 Å². The Morgan fingerprint density at radius 1 is 0.892 bits per heavy atom. The van der Waals surface area contributed by atoms with Gasteiger partial charge in [-0.05, 0) is 71.8 Å². The molecule has 0 saturated heterocycles. The van der Waals surface area contributed by atoms with E-state index in [1.807, 2.05) is 48.5 Å². The third-order valence-electron chi connectivity index (χ3n) is 6.93. The van der Waals surface area contributed by atoms with Crippen molar-refractivity contribution >= 4 is 17.6 Å². The van der Waals surface area contributed by atoms with Crippen molar-refractivity contribution in [3.63, 3.8) is 0 Å². The number of nitrogens with one attached hydrogen (secondary N) is 1. The van der Waals surface area contributed by atoms with Crippen molar-refractivity contribution < 1.29 is 14.7 Å². The number of nitrogens with zero attached hydrogens (tertiary/aromatic N) is 1. The van der Waals surface area contributed by atoms with Crippen molar-refractivity contribution in [2.24, 2.45) is 0 Å². The van der Waals surface area contributed by atoms with Gasteiger partial charge >= 0.3 is 5.97 Å². The second-order valence-corrected chi connectivity index (χ2v) is 9.58. The van der Waals surface area contributed by atoms with Crippen LogP contribution in [0.15, 0.2) is 91.0 Å². The van der Waals surface area contributed by atoms with Crippen LogP contribution in [0.4, 0.5) is 5.69 Å². The lowest BCUT2D eigenvalue weighted by Gasteiger charge is -2.31. The molecule has 0 radical (unpaired) electrons. The molecule has 0 atom stereocenters. The Morgan fingerprint density at radius 2 is 1.62 bits per heavy atom. The highest BCUT2D eigenvalue weighted by atomic mass is 16.4. The summed E-state index contributed by atoms with van der Waals surface area (Å²) in [5.41, 5.74) is 8.41. The molecule has 1 amide bonds. The lowest BCUT2D eigenvalue weighted by Crippen LogP contribution is -2.29. The summed E-state index contributed by atoms with van der Waals surface area (Å²) in [5.74, 6) is -0.981. The summed E-state index contributed by atoms with van der Waals surface area (Å²) in [4.78, 5) is 26.7. The Kier molecular flexibility index (Phi) is 7.04. The molecule has 37 heavy (non-hydrogen) atoms. The summed E-state index contributed by atoms with van der Waals surface area (Å²) in [6.07, 6.45) is 1.99. The zero-order chi connectivity index (χ0) is 25.8. The number of aryl methyl sites for hydroxylation is 2. The molecule has 0 saturated carbocycles. The first-order valence-corrected chi connectivity index (χ1v) is 12.6. The molecule has 1 aliphatic rings. The molecule has 0 bridgehead atoms. The Balaban J connectivity index is 1.27. The second kappa shape index (κ2) is 10.7. The molecule has 0 aliphatic carbocycles. The topological polar surface area (TPSA) is 69.6 Å². The van der Waals surface area contributed by atoms with E-state index in [1.54, 1.807) is 12.1 Å². The number of hydrogen-bond acceptors (Lipinski definition) is 3. The van der Waals surface area contributed by atoms with Crippen LogP contribution in [0.2, 0.25) is 0 Å². The van der Waals surface area contributed by atoms with Gasteiger partial charge in [-0.3, -0.25) is 4.79 Å². The standard InChI is InChI=1S/C32H30N2O3/c1-22-8-10-23(11-9-22)20-33-31(35)27-16-17-30-26(19-27)5-4-18-34(30)21-24-12-14-25(15-13-24)28-6-2-3-7-29(28)32(36)37/h2-3,6-17,19H,4-5,18,20-21H2,1H3,(H,33,35)(H,36,37). The largest absolute Gasteiger partial charge is 0.478 e. The highest BCUT2D eigenvalue weighted by molar-refractivity contribution is 5.96. The number of carboxylic acids is 1. The minimum atomic E-state index is -0.923. The maximum absolute atomic E-state index is 12.8. The molecule has 1 aliphatic heterocycles. The normalized spacial score (nSPS) is 12.6. The monoisotopic (exact) mass is 490 g/mol. The first-order chi connectivity index (χ1) is 18.0. The fourth-order valence-corrected chi connectivity index (χ4v) is 4.90. The molecule has 5 nitrogen and oxygen atoms in total. The summed E-state index contributed by atoms with van der Waals surface area (Å²) in [6.45, 7) is 4.27. The number of carbonyl (C=O) groups is 2. The van der Waals surface area contributed by atoms with Crippen molar-refractivity contribution in [3.8, 4) is 11.1 Å². The van der Waals surface area contributed by atoms with Crippen molar-refractivity contribution in [1.82, 2.24) is 5.32 Å². The van der Waals surface area contributed by atoms with Crippen LogP contribution in [0.25, 0.3) is 11.1 Å². The van der Waals surface area contributed by atoms with Gasteiger partial charge in [0.05, 0.1) is 5.56 Å². The lowest BCUT2D eigenvalue weighted by molar-refractivity contribution is 0.0697. The number of fused-ring (bicyclic) bond motifs is 1. The number of anilines is 1. The molecule has 186 valence electrons. The van der Waals surface area contributed by atoms with Gasteiger partial charge in [0.2, 0.25) is 0 Å². The minimum Gasteiger partial charge on any atom is -0.478 e. The molecular weight excluding hydrogens is 460 g/mol. The Bertz CT molecular complexity index is 1430. The first-order valence-electron chi connectivity index (χ1n) is 12.6. The molecule has 5 rings (SSSR count). The summed E-state index contributed by atoms with van der Waals surface area (Å²) < 4.78 is 0. The molecule has 1 heterocycles. The van der Waals surface area contributed by atoms with Gasteiger partial charge in [0.25, 0.3) is 5.91 Å². The molecule has 5 heteroatoms. The van der Waals surface area contributed by atoms with Crippen LogP contribution in [0.1, 0.15) is 49.4 Å². The van der Waals surface area contributed by atoms with E-state index in [9.17, 15) is 14.7 Å². The van der Waals surface area contributed by atoms with Gasteiger partial charge in [-0.2, -0.15) is 0 Å². The van der Waals surface area contributed by atoms with E-state index in [0.29, 0.717) is 17.7 Å². The van der Waals surface area contributed by atoms with Crippen LogP contribution in [0.3, 0.4) is 0 Å². The molecule has 4 aromatic carbocycles. The van der Waals surface area contributed by atoms with Crippen LogP contribution >= 0.6 is 0 Å². The van der Waals surface area contributed by atoms with Crippen molar-refractivity contribution in [3.05, 3.63) is 124 Å². The van der Waals surface area contributed by atoms with Crippen LogP contribution in [-0.2, 0) is 19.5 Å². The zero-order valence-electron chi connectivity index (χ0n) is 20.9. The van der Waals surface area contributed by atoms with Gasteiger partial charge in [0.1, 0.15) is 0 Å². The fraction of sp³-hybridized carbons (Fsp3) is 0.188. The summed E-state index contributed by atoms with van der Waals surface area (Å²) >= 11 is 0. The number of carboxylic acid groups (broad SMARTS) is 1. The van der Waals surface area contributed by atoms with E-state index in [2.05, 4.69) is 47.5 Å². The van der Waals surface area contributed by atoms with Crippen LogP contribution < -0.4 is 10.2 Å². The molecule has 4 aromatic rings. The predicted octanol–water partition coefficient (Wildman–Crippen LogP) is 6.24. The molecule has 2 N–H and O–H groups in total. The SMILES string of the molecule is Cc1ccc(CNC(=O)c2ccc3c(c2)CCCN3Cc2ccc(-c3ccccc3C(=O)O)cc2)cc1. The van der Waals surface area contributed by atoms with E-state index in [1.165, 1.54) is 16.8 Å².